The van der Waals surface area contributed by atoms with Crippen molar-refractivity contribution in [1.82, 2.24) is 14.7 Å². The molecule has 0 atom stereocenters. The molecule has 1 saturated carbocycles. The predicted molar refractivity (Wildman–Crippen MR) is 67.9 cm³/mol. The van der Waals surface area contributed by atoms with Gasteiger partial charge in [-0.15, -0.1) is 0 Å². The number of aryl methyl sites for hydroxylation is 1. The Kier molecular flexibility index (Phi) is 4.01. The highest BCUT2D eigenvalue weighted by atomic mass is 16.3. The summed E-state index contributed by atoms with van der Waals surface area (Å²) in [5, 5.41) is 14.3. The minimum Gasteiger partial charge on any atom is -0.388 e. The van der Waals surface area contributed by atoms with Crippen molar-refractivity contribution in [3.05, 3.63) is 18.5 Å². The van der Waals surface area contributed by atoms with Gasteiger partial charge in [0.1, 0.15) is 0 Å². The zero-order chi connectivity index (χ0) is 13.0. The topological polar surface area (TPSA) is 58.4 Å². The van der Waals surface area contributed by atoms with Gasteiger partial charge in [-0.25, -0.2) is 0 Å². The summed E-state index contributed by atoms with van der Waals surface area (Å²) in [7, 11) is 1.77. The van der Waals surface area contributed by atoms with E-state index in [4.69, 9.17) is 0 Å². The second-order valence-electron chi connectivity index (χ2n) is 5.20. The van der Waals surface area contributed by atoms with Gasteiger partial charge in [0.25, 0.3) is 0 Å². The summed E-state index contributed by atoms with van der Waals surface area (Å²) in [5.41, 5.74) is -0.657. The van der Waals surface area contributed by atoms with Crippen LogP contribution in [0.4, 0.5) is 0 Å². The molecule has 0 aliphatic heterocycles. The first-order chi connectivity index (χ1) is 8.59. The van der Waals surface area contributed by atoms with Gasteiger partial charge in [0.2, 0.25) is 5.91 Å². The number of likely N-dealkylation sites (N-methyl/N-ethyl adjacent to an activating group) is 1. The fourth-order valence-electron chi connectivity index (χ4n) is 2.55. The van der Waals surface area contributed by atoms with Gasteiger partial charge in [0.15, 0.2) is 0 Å². The van der Waals surface area contributed by atoms with Crippen LogP contribution in [0.15, 0.2) is 18.5 Å². The molecular formula is C13H21N3O2. The molecule has 0 bridgehead atoms. The zero-order valence-corrected chi connectivity index (χ0v) is 10.9. The number of rotatable bonds is 5. The summed E-state index contributed by atoms with van der Waals surface area (Å²) in [6, 6.07) is 1.84. The van der Waals surface area contributed by atoms with Crippen molar-refractivity contribution in [2.75, 3.05) is 13.6 Å². The van der Waals surface area contributed by atoms with Crippen LogP contribution in [0, 0.1) is 0 Å². The standard InChI is InChI=1S/C13H21N3O2/c1-15(11-13(18)6-2-3-7-13)12(17)5-10-16-9-4-8-14-16/h4,8-9,18H,2-3,5-7,10-11H2,1H3. The molecule has 1 aliphatic rings. The number of hydrogen-bond acceptors (Lipinski definition) is 3. The van der Waals surface area contributed by atoms with Crippen LogP contribution in [-0.4, -0.2) is 44.9 Å². The van der Waals surface area contributed by atoms with Crippen molar-refractivity contribution >= 4 is 5.91 Å². The maximum Gasteiger partial charge on any atom is 0.224 e. The number of hydrogen-bond donors (Lipinski definition) is 1. The van der Waals surface area contributed by atoms with E-state index in [-0.39, 0.29) is 5.91 Å². The monoisotopic (exact) mass is 251 g/mol. The zero-order valence-electron chi connectivity index (χ0n) is 10.9. The lowest BCUT2D eigenvalue weighted by Gasteiger charge is -2.28. The summed E-state index contributed by atoms with van der Waals surface area (Å²) < 4.78 is 1.75. The Morgan fingerprint density at radius 1 is 1.50 bits per heavy atom. The Balaban J connectivity index is 1.77. The minimum atomic E-state index is -0.657. The van der Waals surface area contributed by atoms with Crippen LogP contribution in [0.2, 0.25) is 0 Å². The second kappa shape index (κ2) is 5.52. The van der Waals surface area contributed by atoms with Gasteiger partial charge in [-0.05, 0) is 18.9 Å². The van der Waals surface area contributed by atoms with E-state index in [9.17, 15) is 9.90 Å². The first kappa shape index (κ1) is 13.1. The molecule has 1 N–H and O–H groups in total. The van der Waals surface area contributed by atoms with E-state index in [0.29, 0.717) is 19.5 Å². The Hall–Kier alpha value is -1.36. The van der Waals surface area contributed by atoms with Gasteiger partial charge in [0.05, 0.1) is 5.60 Å². The molecule has 0 unspecified atom stereocenters. The maximum absolute atomic E-state index is 11.9. The highest BCUT2D eigenvalue weighted by Gasteiger charge is 2.33. The SMILES string of the molecule is CN(CC1(O)CCCC1)C(=O)CCn1cccn1. The van der Waals surface area contributed by atoms with Crippen molar-refractivity contribution in [1.29, 1.82) is 0 Å². The molecule has 1 heterocycles. The fraction of sp³-hybridized carbons (Fsp3) is 0.692. The fourth-order valence-corrected chi connectivity index (χ4v) is 2.55. The molecule has 0 radical (unpaired) electrons. The first-order valence-electron chi connectivity index (χ1n) is 6.53. The van der Waals surface area contributed by atoms with Crippen molar-refractivity contribution < 1.29 is 9.90 Å². The van der Waals surface area contributed by atoms with Crippen molar-refractivity contribution in [2.45, 2.75) is 44.2 Å². The molecule has 1 aromatic heterocycles. The molecule has 100 valence electrons. The largest absolute Gasteiger partial charge is 0.388 e. The van der Waals surface area contributed by atoms with E-state index < -0.39 is 5.60 Å². The number of carbonyl (C=O) groups is 1. The molecule has 0 saturated heterocycles. The molecule has 5 heteroatoms. The summed E-state index contributed by atoms with van der Waals surface area (Å²) in [6.07, 6.45) is 7.71. The van der Waals surface area contributed by atoms with Gasteiger partial charge >= 0.3 is 0 Å². The van der Waals surface area contributed by atoms with E-state index in [1.165, 1.54) is 0 Å². The minimum absolute atomic E-state index is 0.0609. The molecule has 2 rings (SSSR count). The van der Waals surface area contributed by atoms with E-state index in [0.717, 1.165) is 25.7 Å². The lowest BCUT2D eigenvalue weighted by atomic mass is 10.0. The van der Waals surface area contributed by atoms with Crippen LogP contribution < -0.4 is 0 Å². The summed E-state index contributed by atoms with van der Waals surface area (Å²) >= 11 is 0. The Morgan fingerprint density at radius 3 is 2.83 bits per heavy atom. The smallest absolute Gasteiger partial charge is 0.224 e. The maximum atomic E-state index is 11.9. The van der Waals surface area contributed by atoms with Crippen molar-refractivity contribution in [3.8, 4) is 0 Å². The van der Waals surface area contributed by atoms with Crippen LogP contribution in [-0.2, 0) is 11.3 Å². The van der Waals surface area contributed by atoms with Crippen molar-refractivity contribution in [2.24, 2.45) is 0 Å². The van der Waals surface area contributed by atoms with Crippen LogP contribution in [0.1, 0.15) is 32.1 Å². The number of aromatic nitrogens is 2. The van der Waals surface area contributed by atoms with Gasteiger partial charge in [-0.1, -0.05) is 12.8 Å². The Morgan fingerprint density at radius 2 is 2.22 bits per heavy atom. The molecule has 18 heavy (non-hydrogen) atoms. The number of amides is 1. The molecule has 5 nitrogen and oxygen atoms in total. The molecule has 1 fully saturated rings. The van der Waals surface area contributed by atoms with Crippen LogP contribution in [0.5, 0.6) is 0 Å². The normalized spacial score (nSPS) is 17.9. The average molecular weight is 251 g/mol. The quantitative estimate of drug-likeness (QED) is 0.850. The van der Waals surface area contributed by atoms with Crippen LogP contribution >= 0.6 is 0 Å². The first-order valence-corrected chi connectivity index (χ1v) is 6.53. The highest BCUT2D eigenvalue weighted by molar-refractivity contribution is 5.75. The highest BCUT2D eigenvalue weighted by Crippen LogP contribution is 2.29. The van der Waals surface area contributed by atoms with Gasteiger partial charge in [-0.3, -0.25) is 9.48 Å². The van der Waals surface area contributed by atoms with Gasteiger partial charge in [-0.2, -0.15) is 5.10 Å². The average Bonchev–Trinajstić information content (AvgIpc) is 2.97. The summed E-state index contributed by atoms with van der Waals surface area (Å²) in [6.45, 7) is 1.04. The number of aliphatic hydroxyl groups is 1. The molecule has 0 aromatic carbocycles. The second-order valence-corrected chi connectivity index (χ2v) is 5.20. The molecule has 1 aliphatic carbocycles. The lowest BCUT2D eigenvalue weighted by Crippen LogP contribution is -2.42. The molecule has 1 aromatic rings. The van der Waals surface area contributed by atoms with Gasteiger partial charge in [0, 0.05) is 39.0 Å². The van der Waals surface area contributed by atoms with E-state index in [2.05, 4.69) is 5.10 Å². The summed E-state index contributed by atoms with van der Waals surface area (Å²) in [4.78, 5) is 13.6. The van der Waals surface area contributed by atoms with Gasteiger partial charge < -0.3 is 10.0 Å². The van der Waals surface area contributed by atoms with E-state index >= 15 is 0 Å². The third-order valence-electron chi connectivity index (χ3n) is 3.61. The predicted octanol–water partition coefficient (Wildman–Crippen LogP) is 1.04. The molecule has 0 spiro atoms. The third kappa shape index (κ3) is 3.32. The Bertz CT molecular complexity index is 383. The number of nitrogens with zero attached hydrogens (tertiary/aromatic N) is 3. The molecular weight excluding hydrogens is 230 g/mol. The van der Waals surface area contributed by atoms with Crippen molar-refractivity contribution in [3.63, 3.8) is 0 Å². The molecule has 1 amide bonds. The van der Waals surface area contributed by atoms with Crippen LogP contribution in [0.25, 0.3) is 0 Å². The van der Waals surface area contributed by atoms with E-state index in [1.54, 1.807) is 22.8 Å². The Labute approximate surface area is 107 Å². The lowest BCUT2D eigenvalue weighted by molar-refractivity contribution is -0.133. The van der Waals surface area contributed by atoms with E-state index in [1.807, 2.05) is 12.3 Å². The van der Waals surface area contributed by atoms with Crippen LogP contribution in [0.3, 0.4) is 0 Å². The number of carbonyl (C=O) groups excluding carboxylic acids is 1. The third-order valence-corrected chi connectivity index (χ3v) is 3.61. The summed E-state index contributed by atoms with van der Waals surface area (Å²) in [5.74, 6) is 0.0609.